The maximum absolute atomic E-state index is 12.4. The van der Waals surface area contributed by atoms with Crippen LogP contribution in [0.15, 0.2) is 60.7 Å². The van der Waals surface area contributed by atoms with Gasteiger partial charge in [0.15, 0.2) is 0 Å². The third kappa shape index (κ3) is 4.85. The summed E-state index contributed by atoms with van der Waals surface area (Å²) in [7, 11) is 0. The number of aliphatic hydroxyl groups is 1. The molecule has 1 aliphatic heterocycles. The molecule has 0 radical (unpaired) electrons. The predicted octanol–water partition coefficient (Wildman–Crippen LogP) is 3.20. The van der Waals surface area contributed by atoms with Crippen LogP contribution in [0.1, 0.15) is 28.3 Å². The van der Waals surface area contributed by atoms with Gasteiger partial charge in [-0.25, -0.2) is 0 Å². The number of aliphatic hydroxyl groups excluding tert-OH is 1. The molecule has 5 nitrogen and oxygen atoms in total. The van der Waals surface area contributed by atoms with Crippen LogP contribution in [0.2, 0.25) is 0 Å². The van der Waals surface area contributed by atoms with Gasteiger partial charge in [0.1, 0.15) is 6.04 Å². The van der Waals surface area contributed by atoms with Gasteiger partial charge in [-0.3, -0.25) is 14.6 Å². The van der Waals surface area contributed by atoms with Gasteiger partial charge in [0.2, 0.25) is 5.91 Å². The van der Waals surface area contributed by atoms with Crippen molar-refractivity contribution in [2.75, 3.05) is 32.7 Å². The number of fused-ring (bicyclic) bond motifs is 1. The maximum Gasteiger partial charge on any atom is 0.239 e. The van der Waals surface area contributed by atoms with E-state index < -0.39 is 12.1 Å². The second kappa shape index (κ2) is 9.82. The number of nitrogens with two attached hydrogens (primary N) is 1. The molecule has 1 saturated heterocycles. The lowest BCUT2D eigenvalue weighted by Crippen LogP contribution is -2.52. The van der Waals surface area contributed by atoms with Crippen LogP contribution in [0.5, 0.6) is 0 Å². The Hall–Kier alpha value is -2.73. The van der Waals surface area contributed by atoms with Gasteiger partial charge in [0.05, 0.1) is 6.10 Å². The first kappa shape index (κ1) is 22.5. The molecule has 5 heteroatoms. The van der Waals surface area contributed by atoms with Crippen molar-refractivity contribution in [3.05, 3.63) is 82.9 Å². The van der Waals surface area contributed by atoms with Crippen LogP contribution in [0.25, 0.3) is 10.8 Å². The summed E-state index contributed by atoms with van der Waals surface area (Å²) in [4.78, 5) is 16.9. The number of piperazine rings is 1. The molecule has 32 heavy (non-hydrogen) atoms. The highest BCUT2D eigenvalue weighted by atomic mass is 16.3. The number of primary amides is 1. The molecule has 2 atom stereocenters. The maximum atomic E-state index is 12.4. The number of nitrogens with zero attached hydrogens (tertiary/aromatic N) is 2. The summed E-state index contributed by atoms with van der Waals surface area (Å²) in [5.74, 6) is -0.299. The first-order chi connectivity index (χ1) is 15.4. The van der Waals surface area contributed by atoms with Crippen molar-refractivity contribution in [1.82, 2.24) is 9.80 Å². The first-order valence-corrected chi connectivity index (χ1v) is 11.4. The van der Waals surface area contributed by atoms with E-state index in [0.717, 1.165) is 42.9 Å². The summed E-state index contributed by atoms with van der Waals surface area (Å²) in [6.07, 6.45) is 0.200. The molecule has 1 fully saturated rings. The van der Waals surface area contributed by atoms with Crippen LogP contribution in [-0.2, 0) is 11.2 Å². The molecule has 1 aliphatic rings. The van der Waals surface area contributed by atoms with Crippen molar-refractivity contribution in [3.8, 4) is 0 Å². The molecule has 0 bridgehead atoms. The van der Waals surface area contributed by atoms with Gasteiger partial charge in [0, 0.05) is 39.1 Å². The van der Waals surface area contributed by atoms with Crippen LogP contribution in [-0.4, -0.2) is 59.6 Å². The standard InChI is InChI=1S/C27H33N3O2/c1-19-7-5-8-20(2)25(19)26(27(28)32)30-15-13-29(14-16-30)18-23(31)17-22-11-6-10-21-9-3-4-12-24(21)22/h3-12,23,26,31H,13-18H2,1-2H3,(H2,28,32). The minimum atomic E-state index is -0.432. The molecule has 3 aromatic carbocycles. The number of β-amino-alcohol motifs (C(OH)–C–C–N with tert-alkyl or cyclic N) is 1. The van der Waals surface area contributed by atoms with Crippen molar-refractivity contribution >= 4 is 16.7 Å². The fraction of sp³-hybridized carbons (Fsp3) is 0.370. The average molecular weight is 432 g/mol. The minimum absolute atomic E-state index is 0.299. The molecule has 0 aliphatic carbocycles. The van der Waals surface area contributed by atoms with Crippen molar-refractivity contribution in [3.63, 3.8) is 0 Å². The Morgan fingerprint density at radius 3 is 2.25 bits per heavy atom. The predicted molar refractivity (Wildman–Crippen MR) is 130 cm³/mol. The second-order valence-electron chi connectivity index (χ2n) is 8.94. The number of aryl methyl sites for hydroxylation is 2. The van der Waals surface area contributed by atoms with E-state index in [1.807, 2.05) is 44.2 Å². The highest BCUT2D eigenvalue weighted by Gasteiger charge is 2.31. The number of amides is 1. The highest BCUT2D eigenvalue weighted by molar-refractivity contribution is 5.85. The molecule has 1 heterocycles. The topological polar surface area (TPSA) is 69.8 Å². The number of carbonyl (C=O) groups excluding carboxylic acids is 1. The van der Waals surface area contributed by atoms with Gasteiger partial charge < -0.3 is 10.8 Å². The summed E-state index contributed by atoms with van der Waals surface area (Å²) in [6, 6.07) is 20.3. The quantitative estimate of drug-likeness (QED) is 0.603. The van der Waals surface area contributed by atoms with Gasteiger partial charge in [0.25, 0.3) is 0 Å². The molecule has 2 unspecified atom stereocenters. The lowest BCUT2D eigenvalue weighted by atomic mass is 9.94. The number of hydrogen-bond acceptors (Lipinski definition) is 4. The van der Waals surface area contributed by atoms with E-state index in [1.165, 1.54) is 16.3 Å². The number of rotatable bonds is 7. The monoisotopic (exact) mass is 431 g/mol. The van der Waals surface area contributed by atoms with Crippen molar-refractivity contribution in [2.24, 2.45) is 5.73 Å². The highest BCUT2D eigenvalue weighted by Crippen LogP contribution is 2.28. The molecule has 4 rings (SSSR count). The van der Waals surface area contributed by atoms with Crippen LogP contribution in [0, 0.1) is 13.8 Å². The zero-order valence-corrected chi connectivity index (χ0v) is 19.0. The molecule has 3 N–H and O–H groups in total. The lowest BCUT2D eigenvalue weighted by molar-refractivity contribution is -0.124. The van der Waals surface area contributed by atoms with Crippen LogP contribution < -0.4 is 5.73 Å². The van der Waals surface area contributed by atoms with Crippen LogP contribution >= 0.6 is 0 Å². The van der Waals surface area contributed by atoms with Crippen molar-refractivity contribution < 1.29 is 9.90 Å². The average Bonchev–Trinajstić information content (AvgIpc) is 2.77. The van der Waals surface area contributed by atoms with E-state index in [2.05, 4.69) is 40.1 Å². The Labute approximate surface area is 190 Å². The second-order valence-corrected chi connectivity index (χ2v) is 8.94. The summed E-state index contributed by atoms with van der Waals surface area (Å²) in [5, 5.41) is 13.2. The SMILES string of the molecule is Cc1cccc(C)c1C(C(N)=O)N1CCN(CC(O)Cc2cccc3ccccc23)CC1. The van der Waals surface area contributed by atoms with Crippen LogP contribution in [0.4, 0.5) is 0 Å². The van der Waals surface area contributed by atoms with E-state index >= 15 is 0 Å². The Morgan fingerprint density at radius 2 is 1.56 bits per heavy atom. The third-order valence-corrected chi connectivity index (χ3v) is 6.66. The molecule has 168 valence electrons. The Bertz CT molecular complexity index is 1060. The molecular formula is C27H33N3O2. The zero-order valence-electron chi connectivity index (χ0n) is 19.0. The van der Waals surface area contributed by atoms with E-state index in [1.54, 1.807) is 0 Å². The molecule has 0 spiro atoms. The molecular weight excluding hydrogens is 398 g/mol. The smallest absolute Gasteiger partial charge is 0.239 e. The van der Waals surface area contributed by atoms with E-state index in [9.17, 15) is 9.90 Å². The Balaban J connectivity index is 1.38. The van der Waals surface area contributed by atoms with E-state index in [-0.39, 0.29) is 5.91 Å². The van der Waals surface area contributed by atoms with Gasteiger partial charge in [-0.15, -0.1) is 0 Å². The van der Waals surface area contributed by atoms with E-state index in [4.69, 9.17) is 5.73 Å². The Morgan fingerprint density at radius 1 is 0.938 bits per heavy atom. The summed E-state index contributed by atoms with van der Waals surface area (Å²) in [5.41, 5.74) is 10.3. The largest absolute Gasteiger partial charge is 0.391 e. The Kier molecular flexibility index (Phi) is 6.89. The first-order valence-electron chi connectivity index (χ1n) is 11.4. The van der Waals surface area contributed by atoms with Gasteiger partial charge in [-0.05, 0) is 46.9 Å². The minimum Gasteiger partial charge on any atom is -0.391 e. The normalized spacial score (nSPS) is 17.3. The summed E-state index contributed by atoms with van der Waals surface area (Å²) < 4.78 is 0. The molecule has 0 aromatic heterocycles. The molecule has 3 aromatic rings. The van der Waals surface area contributed by atoms with Crippen molar-refractivity contribution in [2.45, 2.75) is 32.4 Å². The number of hydrogen-bond donors (Lipinski definition) is 2. The van der Waals surface area contributed by atoms with Gasteiger partial charge >= 0.3 is 0 Å². The zero-order chi connectivity index (χ0) is 22.7. The third-order valence-electron chi connectivity index (χ3n) is 6.66. The van der Waals surface area contributed by atoms with Gasteiger partial charge in [-0.2, -0.15) is 0 Å². The molecule has 1 amide bonds. The summed E-state index contributed by atoms with van der Waals surface area (Å²) >= 11 is 0. The van der Waals surface area contributed by atoms with Gasteiger partial charge in [-0.1, -0.05) is 60.7 Å². The summed E-state index contributed by atoms with van der Waals surface area (Å²) in [6.45, 7) is 7.82. The fourth-order valence-electron chi connectivity index (χ4n) is 5.05. The van der Waals surface area contributed by atoms with Crippen molar-refractivity contribution in [1.29, 1.82) is 0 Å². The van der Waals surface area contributed by atoms with E-state index in [0.29, 0.717) is 13.0 Å². The lowest BCUT2D eigenvalue weighted by Gasteiger charge is -2.39. The molecule has 0 saturated carbocycles. The van der Waals surface area contributed by atoms with Crippen LogP contribution in [0.3, 0.4) is 0 Å². The number of carbonyl (C=O) groups is 1. The fourth-order valence-corrected chi connectivity index (χ4v) is 5.05. The number of benzene rings is 3.